The summed E-state index contributed by atoms with van der Waals surface area (Å²) < 4.78 is 0. The molecule has 0 aromatic heterocycles. The molecule has 0 aromatic rings. The molecular formula is C12H25N3O. The van der Waals surface area contributed by atoms with Crippen LogP contribution in [0, 0.1) is 5.92 Å². The second-order valence-corrected chi connectivity index (χ2v) is 4.90. The van der Waals surface area contributed by atoms with E-state index >= 15 is 0 Å². The van der Waals surface area contributed by atoms with Gasteiger partial charge in [-0.2, -0.15) is 0 Å². The minimum atomic E-state index is 0.0334. The van der Waals surface area contributed by atoms with Gasteiger partial charge in [0.1, 0.15) is 0 Å². The van der Waals surface area contributed by atoms with Crippen LogP contribution in [0.4, 0.5) is 0 Å². The van der Waals surface area contributed by atoms with Gasteiger partial charge in [-0.05, 0) is 45.8 Å². The molecule has 1 saturated heterocycles. The molecule has 1 aliphatic rings. The van der Waals surface area contributed by atoms with Gasteiger partial charge in [0, 0.05) is 18.5 Å². The number of nitrogens with two attached hydrogens (primary N) is 1. The number of hydrogen-bond acceptors (Lipinski definition) is 3. The van der Waals surface area contributed by atoms with Crippen LogP contribution in [0.2, 0.25) is 0 Å². The molecule has 0 saturated carbocycles. The van der Waals surface area contributed by atoms with Gasteiger partial charge in [0.2, 0.25) is 5.91 Å². The summed E-state index contributed by atoms with van der Waals surface area (Å²) in [6.07, 6.45) is 3.36. The Hall–Kier alpha value is -0.610. The lowest BCUT2D eigenvalue weighted by Gasteiger charge is -2.22. The van der Waals surface area contributed by atoms with Crippen LogP contribution in [0.25, 0.3) is 0 Å². The van der Waals surface area contributed by atoms with Gasteiger partial charge in [0.25, 0.3) is 0 Å². The molecule has 94 valence electrons. The van der Waals surface area contributed by atoms with Crippen LogP contribution >= 0.6 is 0 Å². The molecule has 1 fully saturated rings. The third-order valence-corrected chi connectivity index (χ3v) is 3.17. The summed E-state index contributed by atoms with van der Waals surface area (Å²) in [6.45, 7) is 7.92. The van der Waals surface area contributed by atoms with E-state index in [2.05, 4.69) is 17.1 Å². The monoisotopic (exact) mass is 227 g/mol. The van der Waals surface area contributed by atoms with E-state index in [9.17, 15) is 4.79 Å². The first-order valence-electron chi connectivity index (χ1n) is 6.36. The van der Waals surface area contributed by atoms with Crippen molar-refractivity contribution >= 4 is 5.91 Å². The number of carbonyl (C=O) groups is 1. The topological polar surface area (TPSA) is 58.4 Å². The standard InChI is InChI=1S/C12H25N3O/c1-10(5-6-13)12(16)14-11(2)9-15-7-3-4-8-15/h10-11H,3-9,13H2,1-2H3,(H,14,16). The SMILES string of the molecule is CC(CN1CCCC1)NC(=O)C(C)CCN. The van der Waals surface area contributed by atoms with Crippen molar-refractivity contribution in [3.63, 3.8) is 0 Å². The summed E-state index contributed by atoms with van der Waals surface area (Å²) in [4.78, 5) is 14.1. The second kappa shape index (κ2) is 6.86. The van der Waals surface area contributed by atoms with E-state index in [1.165, 1.54) is 25.9 Å². The smallest absolute Gasteiger partial charge is 0.223 e. The van der Waals surface area contributed by atoms with Crippen molar-refractivity contribution < 1.29 is 4.79 Å². The van der Waals surface area contributed by atoms with E-state index in [-0.39, 0.29) is 17.9 Å². The number of hydrogen-bond donors (Lipinski definition) is 2. The van der Waals surface area contributed by atoms with E-state index in [0.29, 0.717) is 6.54 Å². The van der Waals surface area contributed by atoms with Crippen LogP contribution in [0.5, 0.6) is 0 Å². The Morgan fingerprint density at radius 2 is 2.00 bits per heavy atom. The van der Waals surface area contributed by atoms with E-state index in [1.807, 2.05) is 6.92 Å². The number of likely N-dealkylation sites (tertiary alicyclic amines) is 1. The van der Waals surface area contributed by atoms with Gasteiger partial charge < -0.3 is 16.0 Å². The molecule has 0 aromatic carbocycles. The van der Waals surface area contributed by atoms with Crippen LogP contribution in [0.1, 0.15) is 33.1 Å². The van der Waals surface area contributed by atoms with Crippen LogP contribution in [-0.4, -0.2) is 43.0 Å². The first kappa shape index (κ1) is 13.5. The predicted octanol–water partition coefficient (Wildman–Crippen LogP) is 0.572. The lowest BCUT2D eigenvalue weighted by Crippen LogP contribution is -2.43. The van der Waals surface area contributed by atoms with Gasteiger partial charge in [0.15, 0.2) is 0 Å². The van der Waals surface area contributed by atoms with Crippen LogP contribution in [-0.2, 0) is 4.79 Å². The minimum absolute atomic E-state index is 0.0334. The lowest BCUT2D eigenvalue weighted by atomic mass is 10.1. The van der Waals surface area contributed by atoms with E-state index in [0.717, 1.165) is 13.0 Å². The molecule has 1 aliphatic heterocycles. The van der Waals surface area contributed by atoms with Crippen molar-refractivity contribution in [1.29, 1.82) is 0 Å². The summed E-state index contributed by atoms with van der Waals surface area (Å²) in [6, 6.07) is 0.242. The number of nitrogens with one attached hydrogen (secondary N) is 1. The molecular weight excluding hydrogens is 202 g/mol. The maximum atomic E-state index is 11.7. The third kappa shape index (κ3) is 4.49. The predicted molar refractivity (Wildman–Crippen MR) is 66.1 cm³/mol. The van der Waals surface area contributed by atoms with Crippen molar-refractivity contribution in [1.82, 2.24) is 10.2 Å². The maximum Gasteiger partial charge on any atom is 0.223 e. The normalized spacial score (nSPS) is 20.7. The molecule has 4 nitrogen and oxygen atoms in total. The zero-order valence-electron chi connectivity index (χ0n) is 10.5. The fourth-order valence-electron chi connectivity index (χ4n) is 2.16. The number of carbonyl (C=O) groups excluding carboxylic acids is 1. The summed E-state index contributed by atoms with van der Waals surface area (Å²) in [5.41, 5.74) is 5.44. The highest BCUT2D eigenvalue weighted by Gasteiger charge is 2.18. The van der Waals surface area contributed by atoms with Gasteiger partial charge in [-0.25, -0.2) is 0 Å². The molecule has 1 amide bonds. The Kier molecular flexibility index (Phi) is 5.77. The number of amides is 1. The van der Waals surface area contributed by atoms with Gasteiger partial charge in [-0.15, -0.1) is 0 Å². The molecule has 1 rings (SSSR count). The Balaban J connectivity index is 2.21. The molecule has 1 heterocycles. The highest BCUT2D eigenvalue weighted by molar-refractivity contribution is 5.78. The highest BCUT2D eigenvalue weighted by Crippen LogP contribution is 2.08. The quantitative estimate of drug-likeness (QED) is 0.697. The maximum absolute atomic E-state index is 11.7. The van der Waals surface area contributed by atoms with Crippen LogP contribution in [0.15, 0.2) is 0 Å². The fourth-order valence-corrected chi connectivity index (χ4v) is 2.16. The Labute approximate surface area is 98.6 Å². The van der Waals surface area contributed by atoms with Gasteiger partial charge in [-0.3, -0.25) is 4.79 Å². The largest absolute Gasteiger partial charge is 0.352 e. The highest BCUT2D eigenvalue weighted by atomic mass is 16.1. The minimum Gasteiger partial charge on any atom is -0.352 e. The summed E-state index contributed by atoms with van der Waals surface area (Å²) in [7, 11) is 0. The van der Waals surface area contributed by atoms with Crippen molar-refractivity contribution in [3.8, 4) is 0 Å². The first-order chi connectivity index (χ1) is 7.63. The van der Waals surface area contributed by atoms with E-state index in [1.54, 1.807) is 0 Å². The van der Waals surface area contributed by atoms with E-state index < -0.39 is 0 Å². The zero-order chi connectivity index (χ0) is 12.0. The Morgan fingerprint density at radius 1 is 1.38 bits per heavy atom. The molecule has 2 unspecified atom stereocenters. The summed E-state index contributed by atoms with van der Waals surface area (Å²) >= 11 is 0. The molecule has 3 N–H and O–H groups in total. The Morgan fingerprint density at radius 3 is 2.56 bits per heavy atom. The molecule has 16 heavy (non-hydrogen) atoms. The number of rotatable bonds is 6. The first-order valence-corrected chi connectivity index (χ1v) is 6.36. The number of nitrogens with zero attached hydrogens (tertiary/aromatic N) is 1. The molecule has 0 bridgehead atoms. The van der Waals surface area contributed by atoms with Crippen molar-refractivity contribution in [2.24, 2.45) is 11.7 Å². The third-order valence-electron chi connectivity index (χ3n) is 3.17. The molecule has 2 atom stereocenters. The van der Waals surface area contributed by atoms with Gasteiger partial charge >= 0.3 is 0 Å². The second-order valence-electron chi connectivity index (χ2n) is 4.90. The van der Waals surface area contributed by atoms with Crippen LogP contribution in [0.3, 0.4) is 0 Å². The molecule has 0 radical (unpaired) electrons. The molecule has 0 aliphatic carbocycles. The van der Waals surface area contributed by atoms with Crippen LogP contribution < -0.4 is 11.1 Å². The molecule has 4 heteroatoms. The Bertz CT molecular complexity index is 214. The lowest BCUT2D eigenvalue weighted by molar-refractivity contribution is -0.125. The average molecular weight is 227 g/mol. The van der Waals surface area contributed by atoms with Crippen molar-refractivity contribution in [3.05, 3.63) is 0 Å². The fraction of sp³-hybridized carbons (Fsp3) is 0.917. The average Bonchev–Trinajstić information content (AvgIpc) is 2.70. The van der Waals surface area contributed by atoms with Crippen molar-refractivity contribution in [2.45, 2.75) is 39.2 Å². The van der Waals surface area contributed by atoms with Gasteiger partial charge in [0.05, 0.1) is 0 Å². The molecule has 0 spiro atoms. The van der Waals surface area contributed by atoms with Gasteiger partial charge in [-0.1, -0.05) is 6.92 Å². The summed E-state index contributed by atoms with van der Waals surface area (Å²) in [5, 5.41) is 3.06. The summed E-state index contributed by atoms with van der Waals surface area (Å²) in [5.74, 6) is 0.170. The van der Waals surface area contributed by atoms with E-state index in [4.69, 9.17) is 5.73 Å². The zero-order valence-corrected chi connectivity index (χ0v) is 10.5. The van der Waals surface area contributed by atoms with Crippen molar-refractivity contribution in [2.75, 3.05) is 26.2 Å².